The highest BCUT2D eigenvalue weighted by atomic mass is 16.6. The molecular formula is C15H16N2O5. The van der Waals surface area contributed by atoms with Crippen LogP contribution in [-0.2, 0) is 14.3 Å². The quantitative estimate of drug-likeness (QED) is 0.630. The van der Waals surface area contributed by atoms with Gasteiger partial charge in [-0.25, -0.2) is 9.79 Å². The zero-order valence-electron chi connectivity index (χ0n) is 12.3. The summed E-state index contributed by atoms with van der Waals surface area (Å²) in [5.74, 6) is 0.0843. The molecule has 0 aromatic heterocycles. The first kappa shape index (κ1) is 15.6. The fourth-order valence-corrected chi connectivity index (χ4v) is 1.82. The zero-order chi connectivity index (χ0) is 16.1. The zero-order valence-corrected chi connectivity index (χ0v) is 12.3. The Morgan fingerprint density at radius 2 is 2.14 bits per heavy atom. The summed E-state index contributed by atoms with van der Waals surface area (Å²) in [5.41, 5.74) is 5.96. The van der Waals surface area contributed by atoms with Crippen LogP contribution in [0.25, 0.3) is 6.08 Å². The first-order chi connectivity index (χ1) is 10.5. The molecule has 7 heteroatoms. The number of rotatable bonds is 6. The number of carbonyl (C=O) groups excluding carboxylic acids is 2. The van der Waals surface area contributed by atoms with Crippen molar-refractivity contribution in [3.05, 3.63) is 29.5 Å². The molecule has 0 radical (unpaired) electrons. The van der Waals surface area contributed by atoms with E-state index in [1.807, 2.05) is 6.92 Å². The number of esters is 1. The van der Waals surface area contributed by atoms with Gasteiger partial charge in [0.05, 0.1) is 6.61 Å². The molecule has 0 bridgehead atoms. The van der Waals surface area contributed by atoms with Gasteiger partial charge in [0.2, 0.25) is 0 Å². The molecule has 1 aliphatic heterocycles. The normalized spacial score (nSPS) is 15.5. The molecule has 1 aliphatic rings. The minimum Gasteiger partial charge on any atom is -0.490 e. The van der Waals surface area contributed by atoms with Crippen LogP contribution in [-0.4, -0.2) is 31.0 Å². The third-order valence-electron chi connectivity index (χ3n) is 2.67. The lowest BCUT2D eigenvalue weighted by atomic mass is 10.1. The molecule has 1 heterocycles. The summed E-state index contributed by atoms with van der Waals surface area (Å²) in [7, 11) is 0. The van der Waals surface area contributed by atoms with E-state index in [0.717, 1.165) is 0 Å². The average molecular weight is 304 g/mol. The molecule has 2 rings (SSSR count). The fourth-order valence-electron chi connectivity index (χ4n) is 1.82. The van der Waals surface area contributed by atoms with Crippen molar-refractivity contribution in [2.24, 2.45) is 10.7 Å². The van der Waals surface area contributed by atoms with Crippen LogP contribution in [0.4, 0.5) is 0 Å². The number of primary amides is 1. The highest BCUT2D eigenvalue weighted by molar-refractivity contribution is 6.06. The molecule has 116 valence electrons. The van der Waals surface area contributed by atoms with E-state index in [-0.39, 0.29) is 12.3 Å². The Morgan fingerprint density at radius 3 is 2.73 bits per heavy atom. The summed E-state index contributed by atoms with van der Waals surface area (Å²) < 4.78 is 15.6. The van der Waals surface area contributed by atoms with Crippen LogP contribution in [0.15, 0.2) is 28.9 Å². The molecule has 0 unspecified atom stereocenters. The molecule has 0 fully saturated rings. The maximum absolute atomic E-state index is 11.5. The van der Waals surface area contributed by atoms with Gasteiger partial charge >= 0.3 is 5.97 Å². The average Bonchev–Trinajstić information content (AvgIpc) is 2.76. The summed E-state index contributed by atoms with van der Waals surface area (Å²) in [4.78, 5) is 26.3. The summed E-state index contributed by atoms with van der Waals surface area (Å²) >= 11 is 0. The minimum absolute atomic E-state index is 0.214. The smallest absolute Gasteiger partial charge is 0.363 e. The number of nitrogens with two attached hydrogens (primary N) is 1. The third-order valence-corrected chi connectivity index (χ3v) is 2.67. The molecule has 1 aromatic carbocycles. The topological polar surface area (TPSA) is 100 Å². The SMILES string of the molecule is CCOc1cc(/C=C2\N=C(C)OC2=O)ccc1OCC(N)=O. The number of aliphatic imine (C=N–C) groups is 1. The molecule has 0 aliphatic carbocycles. The van der Waals surface area contributed by atoms with E-state index >= 15 is 0 Å². The number of hydrogen-bond acceptors (Lipinski definition) is 6. The largest absolute Gasteiger partial charge is 0.490 e. The van der Waals surface area contributed by atoms with Crippen LogP contribution in [0.1, 0.15) is 19.4 Å². The molecule has 0 spiro atoms. The van der Waals surface area contributed by atoms with E-state index in [9.17, 15) is 9.59 Å². The van der Waals surface area contributed by atoms with Gasteiger partial charge in [0.1, 0.15) is 0 Å². The number of benzene rings is 1. The van der Waals surface area contributed by atoms with Crippen LogP contribution < -0.4 is 15.2 Å². The third kappa shape index (κ3) is 3.85. The molecule has 0 saturated heterocycles. The van der Waals surface area contributed by atoms with Gasteiger partial charge in [0.25, 0.3) is 5.91 Å². The van der Waals surface area contributed by atoms with Crippen molar-refractivity contribution >= 4 is 23.9 Å². The monoisotopic (exact) mass is 304 g/mol. The Balaban J connectivity index is 2.27. The standard InChI is InChI=1S/C15H16N2O5/c1-3-20-13-7-10(4-5-12(13)21-8-14(16)18)6-11-15(19)22-9(2)17-11/h4-7H,3,8H2,1-2H3,(H2,16,18)/b11-6-. The van der Waals surface area contributed by atoms with E-state index in [1.165, 1.54) is 0 Å². The van der Waals surface area contributed by atoms with Gasteiger partial charge < -0.3 is 19.9 Å². The first-order valence-electron chi connectivity index (χ1n) is 6.66. The number of hydrogen-bond donors (Lipinski definition) is 1. The molecule has 1 aromatic rings. The van der Waals surface area contributed by atoms with E-state index in [0.29, 0.717) is 29.6 Å². The van der Waals surface area contributed by atoms with E-state index in [1.54, 1.807) is 31.2 Å². The van der Waals surface area contributed by atoms with Crippen molar-refractivity contribution in [2.75, 3.05) is 13.2 Å². The summed E-state index contributed by atoms with van der Waals surface area (Å²) in [6, 6.07) is 5.03. The van der Waals surface area contributed by atoms with Crippen LogP contribution in [0.5, 0.6) is 11.5 Å². The second kappa shape index (κ2) is 6.75. The number of ether oxygens (including phenoxy) is 3. The number of nitrogens with zero attached hydrogens (tertiary/aromatic N) is 1. The number of carbonyl (C=O) groups is 2. The molecule has 0 saturated carbocycles. The van der Waals surface area contributed by atoms with Crippen molar-refractivity contribution in [3.8, 4) is 11.5 Å². The van der Waals surface area contributed by atoms with Crippen molar-refractivity contribution in [1.82, 2.24) is 0 Å². The maximum atomic E-state index is 11.5. The summed E-state index contributed by atoms with van der Waals surface area (Å²) in [6.07, 6.45) is 1.58. The highest BCUT2D eigenvalue weighted by Gasteiger charge is 2.19. The van der Waals surface area contributed by atoms with Gasteiger partial charge in [-0.3, -0.25) is 4.79 Å². The Kier molecular flexibility index (Phi) is 4.77. The second-order valence-electron chi connectivity index (χ2n) is 4.44. The number of cyclic esters (lactones) is 1. The minimum atomic E-state index is -0.577. The second-order valence-corrected chi connectivity index (χ2v) is 4.44. The lowest BCUT2D eigenvalue weighted by Crippen LogP contribution is -2.20. The Hall–Kier alpha value is -2.83. The van der Waals surface area contributed by atoms with Crippen LogP contribution in [0, 0.1) is 0 Å². The lowest BCUT2D eigenvalue weighted by molar-refractivity contribution is -0.130. The van der Waals surface area contributed by atoms with E-state index in [2.05, 4.69) is 4.99 Å². The van der Waals surface area contributed by atoms with Gasteiger partial charge in [-0.05, 0) is 30.7 Å². The van der Waals surface area contributed by atoms with Gasteiger partial charge in [-0.1, -0.05) is 6.07 Å². The van der Waals surface area contributed by atoms with Crippen LogP contribution in [0.2, 0.25) is 0 Å². The van der Waals surface area contributed by atoms with Gasteiger partial charge in [0, 0.05) is 6.92 Å². The van der Waals surface area contributed by atoms with Crippen LogP contribution >= 0.6 is 0 Å². The predicted octanol–water partition coefficient (Wildman–Crippen LogP) is 1.27. The molecule has 2 N–H and O–H groups in total. The number of amides is 1. The van der Waals surface area contributed by atoms with Crippen molar-refractivity contribution in [1.29, 1.82) is 0 Å². The predicted molar refractivity (Wildman–Crippen MR) is 79.5 cm³/mol. The Morgan fingerprint density at radius 1 is 1.36 bits per heavy atom. The molecule has 7 nitrogen and oxygen atoms in total. The van der Waals surface area contributed by atoms with Crippen molar-refractivity contribution in [2.45, 2.75) is 13.8 Å². The first-order valence-corrected chi connectivity index (χ1v) is 6.66. The lowest BCUT2D eigenvalue weighted by Gasteiger charge is -2.11. The maximum Gasteiger partial charge on any atom is 0.363 e. The summed E-state index contributed by atoms with van der Waals surface area (Å²) in [6.45, 7) is 3.61. The molecule has 1 amide bonds. The molecular weight excluding hydrogens is 288 g/mol. The van der Waals surface area contributed by atoms with Crippen molar-refractivity contribution < 1.29 is 23.8 Å². The highest BCUT2D eigenvalue weighted by Crippen LogP contribution is 2.29. The fraction of sp³-hybridized carbons (Fsp3) is 0.267. The van der Waals surface area contributed by atoms with Crippen molar-refractivity contribution in [3.63, 3.8) is 0 Å². The van der Waals surface area contributed by atoms with E-state index in [4.69, 9.17) is 19.9 Å². The molecule has 22 heavy (non-hydrogen) atoms. The Labute approximate surface area is 127 Å². The summed E-state index contributed by atoms with van der Waals surface area (Å²) in [5, 5.41) is 0. The molecule has 0 atom stereocenters. The van der Waals surface area contributed by atoms with Gasteiger partial charge in [0.15, 0.2) is 29.7 Å². The van der Waals surface area contributed by atoms with Gasteiger partial charge in [-0.2, -0.15) is 0 Å². The van der Waals surface area contributed by atoms with Gasteiger partial charge in [-0.15, -0.1) is 0 Å². The van der Waals surface area contributed by atoms with Crippen LogP contribution in [0.3, 0.4) is 0 Å². The van der Waals surface area contributed by atoms with E-state index < -0.39 is 11.9 Å². The Bertz CT molecular complexity index is 664.